The lowest BCUT2D eigenvalue weighted by Gasteiger charge is -2.03. The molecule has 0 aliphatic carbocycles. The van der Waals surface area contributed by atoms with Gasteiger partial charge in [-0.2, -0.15) is 0 Å². The number of benzene rings is 2. The SMILES string of the molecule is Cc1nc(C(=O)Sc2nnc3oc4ccccc4cc2-3)c(-c2ccccc2)o1. The van der Waals surface area contributed by atoms with Gasteiger partial charge >= 0.3 is 0 Å². The largest absolute Gasteiger partial charge is 0.440 e. The van der Waals surface area contributed by atoms with Crippen LogP contribution in [-0.4, -0.2) is 20.3 Å². The Kier molecular flexibility index (Phi) is 3.95. The summed E-state index contributed by atoms with van der Waals surface area (Å²) < 4.78 is 11.5. The normalized spacial score (nSPS) is 11.3. The van der Waals surface area contributed by atoms with E-state index in [4.69, 9.17) is 8.83 Å². The van der Waals surface area contributed by atoms with E-state index < -0.39 is 0 Å². The van der Waals surface area contributed by atoms with Crippen LogP contribution < -0.4 is 0 Å². The summed E-state index contributed by atoms with van der Waals surface area (Å²) in [5.41, 5.74) is 2.48. The van der Waals surface area contributed by atoms with Crippen LogP contribution in [0.25, 0.3) is 33.7 Å². The molecule has 0 unspecified atom stereocenters. The number of aromatic nitrogens is 3. The maximum atomic E-state index is 13.0. The first-order valence-electron chi connectivity index (χ1n) is 8.59. The third kappa shape index (κ3) is 2.86. The van der Waals surface area contributed by atoms with Crippen molar-refractivity contribution < 1.29 is 13.6 Å². The molecule has 1 aromatic heterocycles. The number of aryl methyl sites for hydroxylation is 1. The van der Waals surface area contributed by atoms with Crippen molar-refractivity contribution in [3.8, 4) is 22.8 Å². The van der Waals surface area contributed by atoms with Gasteiger partial charge in [-0.25, -0.2) is 4.98 Å². The van der Waals surface area contributed by atoms with Crippen molar-refractivity contribution in [1.29, 1.82) is 0 Å². The van der Waals surface area contributed by atoms with Gasteiger partial charge in [-0.05, 0) is 23.9 Å². The van der Waals surface area contributed by atoms with Crippen molar-refractivity contribution in [2.24, 2.45) is 0 Å². The van der Waals surface area contributed by atoms with Crippen molar-refractivity contribution >= 4 is 27.8 Å². The second-order valence-electron chi connectivity index (χ2n) is 6.17. The quantitative estimate of drug-likeness (QED) is 0.392. The Morgan fingerprint density at radius 3 is 2.61 bits per heavy atom. The van der Waals surface area contributed by atoms with Crippen molar-refractivity contribution in [3.63, 3.8) is 0 Å². The van der Waals surface area contributed by atoms with Crippen molar-refractivity contribution in [3.05, 3.63) is 72.2 Å². The highest BCUT2D eigenvalue weighted by Gasteiger charge is 2.25. The first kappa shape index (κ1) is 16.7. The number of hydrogen-bond acceptors (Lipinski definition) is 7. The topological polar surface area (TPSA) is 82.0 Å². The number of thioether (sulfide) groups is 1. The molecular weight excluding hydrogens is 374 g/mol. The first-order chi connectivity index (χ1) is 13.7. The summed E-state index contributed by atoms with van der Waals surface area (Å²) in [5.74, 6) is 1.28. The standard InChI is InChI=1S/C21H13N3O3S/c1-12-22-17(18(26-12)13-7-3-2-4-8-13)21(25)28-20-15-11-14-9-5-6-10-16(14)27-19(15)23-24-20/h2-11H,1H3. The number of fused-ring (bicyclic) bond motifs is 2. The molecule has 0 spiro atoms. The molecule has 136 valence electrons. The monoisotopic (exact) mass is 387 g/mol. The highest BCUT2D eigenvalue weighted by atomic mass is 32.2. The average Bonchev–Trinajstić information content (AvgIpc) is 3.30. The summed E-state index contributed by atoms with van der Waals surface area (Å²) in [6.45, 7) is 1.72. The summed E-state index contributed by atoms with van der Waals surface area (Å²) in [6.07, 6.45) is 0. The van der Waals surface area contributed by atoms with Crippen LogP contribution in [0.5, 0.6) is 0 Å². The van der Waals surface area contributed by atoms with E-state index in [9.17, 15) is 4.79 Å². The lowest BCUT2D eigenvalue weighted by atomic mass is 10.1. The highest BCUT2D eigenvalue weighted by molar-refractivity contribution is 8.14. The molecular formula is C21H13N3O3S. The predicted molar refractivity (Wildman–Crippen MR) is 105 cm³/mol. The predicted octanol–water partition coefficient (Wildman–Crippen LogP) is 5.22. The highest BCUT2D eigenvalue weighted by Crippen LogP contribution is 2.37. The number of nitrogens with zero attached hydrogens (tertiary/aromatic N) is 3. The molecule has 0 radical (unpaired) electrons. The van der Waals surface area contributed by atoms with Crippen molar-refractivity contribution in [2.75, 3.05) is 0 Å². The third-order valence-corrected chi connectivity index (χ3v) is 5.14. The minimum atomic E-state index is -0.259. The second-order valence-corrected chi connectivity index (χ2v) is 7.14. The summed E-state index contributed by atoms with van der Waals surface area (Å²) >= 11 is 0.969. The van der Waals surface area contributed by atoms with Gasteiger partial charge in [-0.3, -0.25) is 4.79 Å². The van der Waals surface area contributed by atoms with Gasteiger partial charge in [0, 0.05) is 17.9 Å². The Morgan fingerprint density at radius 2 is 1.75 bits per heavy atom. The average molecular weight is 387 g/mol. The smallest absolute Gasteiger partial charge is 0.249 e. The van der Waals surface area contributed by atoms with Crippen LogP contribution in [0.3, 0.4) is 0 Å². The molecule has 2 aliphatic rings. The van der Waals surface area contributed by atoms with E-state index in [1.807, 2.05) is 60.7 Å². The molecule has 0 atom stereocenters. The number of hydrogen-bond donors (Lipinski definition) is 0. The molecule has 0 bridgehead atoms. The second kappa shape index (κ2) is 6.61. The van der Waals surface area contributed by atoms with Crippen LogP contribution >= 0.6 is 11.8 Å². The summed E-state index contributed by atoms with van der Waals surface area (Å²) in [7, 11) is 0. The molecule has 7 heteroatoms. The molecule has 6 nitrogen and oxygen atoms in total. The summed E-state index contributed by atoms with van der Waals surface area (Å²) in [6, 6.07) is 19.0. The molecule has 2 aliphatic heterocycles. The van der Waals surface area contributed by atoms with Gasteiger partial charge in [0.2, 0.25) is 11.0 Å². The number of carbonyl (C=O) groups is 1. The number of carbonyl (C=O) groups excluding carboxylic acids is 1. The number of para-hydroxylation sites is 1. The molecule has 0 N–H and O–H groups in total. The van der Waals surface area contributed by atoms with E-state index in [-0.39, 0.29) is 10.8 Å². The lowest BCUT2D eigenvalue weighted by Crippen LogP contribution is -1.97. The van der Waals surface area contributed by atoms with E-state index in [0.717, 1.165) is 28.3 Å². The molecule has 3 aromatic rings. The van der Waals surface area contributed by atoms with Gasteiger partial charge in [-0.15, -0.1) is 10.2 Å². The van der Waals surface area contributed by atoms with Gasteiger partial charge < -0.3 is 8.83 Å². The van der Waals surface area contributed by atoms with E-state index in [0.29, 0.717) is 28.1 Å². The Balaban J connectivity index is 1.52. The van der Waals surface area contributed by atoms with Crippen LogP contribution in [0.4, 0.5) is 0 Å². The van der Waals surface area contributed by atoms with Gasteiger partial charge in [0.05, 0.1) is 5.56 Å². The van der Waals surface area contributed by atoms with Crippen LogP contribution in [0.1, 0.15) is 16.4 Å². The maximum Gasteiger partial charge on any atom is 0.249 e. The van der Waals surface area contributed by atoms with Crippen molar-refractivity contribution in [1.82, 2.24) is 15.2 Å². The van der Waals surface area contributed by atoms with Gasteiger partial charge in [0.1, 0.15) is 10.6 Å². The maximum absolute atomic E-state index is 13.0. The number of rotatable bonds is 3. The molecule has 0 saturated heterocycles. The molecule has 0 saturated carbocycles. The van der Waals surface area contributed by atoms with Gasteiger partial charge in [0.25, 0.3) is 0 Å². The van der Waals surface area contributed by atoms with E-state index in [2.05, 4.69) is 15.2 Å². The van der Waals surface area contributed by atoms with E-state index >= 15 is 0 Å². The Hall–Kier alpha value is -3.45. The molecule has 0 amide bonds. The number of oxazole rings is 1. The third-order valence-electron chi connectivity index (χ3n) is 4.27. The molecule has 5 rings (SSSR count). The minimum Gasteiger partial charge on any atom is -0.440 e. The zero-order chi connectivity index (χ0) is 19.1. The van der Waals surface area contributed by atoms with Crippen molar-refractivity contribution in [2.45, 2.75) is 11.9 Å². The fourth-order valence-electron chi connectivity index (χ4n) is 3.00. The van der Waals surface area contributed by atoms with E-state index in [1.165, 1.54) is 0 Å². The van der Waals surface area contributed by atoms with Crippen LogP contribution in [0, 0.1) is 6.92 Å². The van der Waals surface area contributed by atoms with Crippen LogP contribution in [-0.2, 0) is 0 Å². The zero-order valence-electron chi connectivity index (χ0n) is 14.7. The Labute approximate surface area is 163 Å². The fourth-order valence-corrected chi connectivity index (χ4v) is 3.75. The molecule has 0 fully saturated rings. The van der Waals surface area contributed by atoms with Crippen LogP contribution in [0.15, 0.2) is 74.5 Å². The summed E-state index contributed by atoms with van der Waals surface area (Å²) in [5, 5.41) is 9.34. The van der Waals surface area contributed by atoms with E-state index in [1.54, 1.807) is 6.92 Å². The fraction of sp³-hybridized carbons (Fsp3) is 0.0476. The van der Waals surface area contributed by atoms with Gasteiger partial charge in [-0.1, -0.05) is 48.5 Å². The van der Waals surface area contributed by atoms with Crippen LogP contribution in [0.2, 0.25) is 0 Å². The minimum absolute atomic E-state index is 0.259. The first-order valence-corrected chi connectivity index (χ1v) is 9.41. The Morgan fingerprint density at radius 1 is 0.964 bits per heavy atom. The lowest BCUT2D eigenvalue weighted by molar-refractivity contribution is 0.108. The van der Waals surface area contributed by atoms with Gasteiger partial charge in [0.15, 0.2) is 17.3 Å². The molecule has 2 aromatic carbocycles. The summed E-state index contributed by atoms with van der Waals surface area (Å²) in [4.78, 5) is 17.3. The molecule has 28 heavy (non-hydrogen) atoms. The molecule has 3 heterocycles. The zero-order valence-corrected chi connectivity index (χ0v) is 15.6. The Bertz CT molecular complexity index is 1280.